The molecule has 20 heteroatoms. The van der Waals surface area contributed by atoms with Crippen molar-refractivity contribution in [1.29, 1.82) is 0 Å². The average molecular weight is 779 g/mol. The minimum Gasteiger partial charge on any atom is -0.506 e. The fourth-order valence-corrected chi connectivity index (χ4v) is 5.45. The monoisotopic (exact) mass is 778 g/mol. The van der Waals surface area contributed by atoms with Crippen LogP contribution in [-0.2, 0) is 32.0 Å². The van der Waals surface area contributed by atoms with E-state index in [9.17, 15) is 41.0 Å². The largest absolute Gasteiger partial charge is 0.506 e. The Balaban J connectivity index is 0.000000780. The van der Waals surface area contributed by atoms with Crippen molar-refractivity contribution in [2.45, 2.75) is 70.8 Å². The van der Waals surface area contributed by atoms with Crippen molar-refractivity contribution < 1.29 is 65.6 Å². The highest BCUT2D eigenvalue weighted by molar-refractivity contribution is 7.16. The number of phenolic OH excluding ortho intramolecular Hbond substituents is 1. The van der Waals surface area contributed by atoms with Crippen LogP contribution < -0.4 is 20.7 Å². The number of thiophene rings is 1. The molecule has 0 fully saturated rings. The van der Waals surface area contributed by atoms with E-state index in [0.29, 0.717) is 50.5 Å². The van der Waals surface area contributed by atoms with Crippen LogP contribution in [0, 0.1) is 0 Å². The number of halogens is 7. The summed E-state index contributed by atoms with van der Waals surface area (Å²) in [5.41, 5.74) is 1.25. The lowest BCUT2D eigenvalue weighted by atomic mass is 10.1. The van der Waals surface area contributed by atoms with Crippen molar-refractivity contribution in [3.8, 4) is 11.5 Å². The molecular weight excluding hydrogens is 738 g/mol. The Morgan fingerprint density at radius 1 is 0.980 bits per heavy atom. The number of hydrogen-bond donors (Lipinski definition) is 6. The van der Waals surface area contributed by atoms with Gasteiger partial charge in [-0.15, -0.1) is 11.3 Å². The molecule has 1 aromatic carbocycles. The van der Waals surface area contributed by atoms with Gasteiger partial charge in [0.15, 0.2) is 12.4 Å². The van der Waals surface area contributed by atoms with Crippen LogP contribution in [-0.4, -0.2) is 102 Å². The number of fused-ring (bicyclic) bond motifs is 1. The predicted molar refractivity (Wildman–Crippen MR) is 177 cm³/mol. The summed E-state index contributed by atoms with van der Waals surface area (Å²) in [5.74, 6) is -5.09. The fraction of sp³-hybridized carbons (Fsp3) is 0.548. The van der Waals surface area contributed by atoms with Crippen LogP contribution in [0.1, 0.15) is 50.0 Å². The van der Waals surface area contributed by atoms with Crippen LogP contribution >= 0.6 is 22.9 Å². The lowest BCUT2D eigenvalue weighted by Gasteiger charge is -2.30. The van der Waals surface area contributed by atoms with E-state index < -0.39 is 24.3 Å². The zero-order chi connectivity index (χ0) is 38.8. The first-order valence-corrected chi connectivity index (χ1v) is 16.8. The SMILES string of the molecule is CCCC[C@@H](C)N(CCNCCc1ccc(O)c2c1OCC(=O)N2)C(=O)CCNCCc1ccc(Cl)s1.O=C(O)C(F)(F)F.O=C(O)C(F)(F)F. The third-order valence-electron chi connectivity index (χ3n) is 6.94. The van der Waals surface area contributed by atoms with E-state index in [4.69, 9.17) is 36.1 Å². The number of amides is 2. The lowest BCUT2D eigenvalue weighted by Crippen LogP contribution is -2.43. The number of anilines is 1. The highest BCUT2D eigenvalue weighted by Gasteiger charge is 2.39. The van der Waals surface area contributed by atoms with Crippen LogP contribution in [0.5, 0.6) is 11.5 Å². The number of carboxylic acid groups (broad SMARTS) is 2. The number of carbonyl (C=O) groups is 4. The number of unbranched alkanes of at least 4 members (excludes halogenated alkanes) is 1. The molecule has 288 valence electrons. The molecule has 1 atom stereocenters. The number of rotatable bonds is 16. The van der Waals surface area contributed by atoms with E-state index in [1.807, 2.05) is 23.1 Å². The quantitative estimate of drug-likeness (QED) is 0.0728. The lowest BCUT2D eigenvalue weighted by molar-refractivity contribution is -0.193. The first kappa shape index (κ1) is 45.2. The van der Waals surface area contributed by atoms with E-state index >= 15 is 0 Å². The van der Waals surface area contributed by atoms with Gasteiger partial charge in [-0.2, -0.15) is 26.3 Å². The van der Waals surface area contributed by atoms with Gasteiger partial charge in [0, 0.05) is 37.0 Å². The number of phenols is 1. The maximum atomic E-state index is 13.1. The molecule has 1 aromatic heterocycles. The standard InChI is InChI=1S/C27H39ClN4O4S.2C2HF3O2/c1-3-4-5-19(2)32(25(35)12-15-29-14-11-21-7-9-23(28)37-21)17-16-30-13-10-20-6-8-22(33)26-27(20)36-18-24(34)31-26;2*3-2(4,5)1(6)7/h6-9,19,29-30,33H,3-5,10-18H2,1-2H3,(H,31,34);2*(H,6,7)/t19-;;/m1../s1. The number of ether oxygens (including phenoxy) is 1. The van der Waals surface area contributed by atoms with Crippen molar-refractivity contribution in [1.82, 2.24) is 15.5 Å². The Kier molecular flexibility index (Phi) is 19.7. The summed E-state index contributed by atoms with van der Waals surface area (Å²) >= 11 is 7.58. The third kappa shape index (κ3) is 17.8. The summed E-state index contributed by atoms with van der Waals surface area (Å²) in [5, 5.41) is 33.8. The van der Waals surface area contributed by atoms with Crippen LogP contribution in [0.25, 0.3) is 0 Å². The number of carbonyl (C=O) groups excluding carboxylic acids is 2. The molecular formula is C31H41ClF6N4O8S. The molecule has 51 heavy (non-hydrogen) atoms. The van der Waals surface area contributed by atoms with Gasteiger partial charge in [-0.3, -0.25) is 9.59 Å². The molecule has 0 radical (unpaired) electrons. The predicted octanol–water partition coefficient (Wildman–Crippen LogP) is 5.47. The van der Waals surface area contributed by atoms with Crippen LogP contribution in [0.3, 0.4) is 0 Å². The molecule has 0 saturated carbocycles. The third-order valence-corrected chi connectivity index (χ3v) is 8.23. The van der Waals surface area contributed by atoms with Gasteiger partial charge in [0.25, 0.3) is 5.91 Å². The molecule has 6 N–H and O–H groups in total. The second kappa shape index (κ2) is 22.2. The number of aromatic hydroxyl groups is 1. The minimum absolute atomic E-state index is 0.000360. The van der Waals surface area contributed by atoms with E-state index in [-0.39, 0.29) is 30.2 Å². The molecule has 1 aliphatic heterocycles. The van der Waals surface area contributed by atoms with Crippen LogP contribution in [0.15, 0.2) is 24.3 Å². The number of hydrogen-bond acceptors (Lipinski definition) is 9. The highest BCUT2D eigenvalue weighted by atomic mass is 35.5. The number of nitrogens with zero attached hydrogens (tertiary/aromatic N) is 1. The Hall–Kier alpha value is -3.81. The van der Waals surface area contributed by atoms with E-state index in [1.54, 1.807) is 17.4 Å². The summed E-state index contributed by atoms with van der Waals surface area (Å²) in [6, 6.07) is 7.55. The number of carboxylic acids is 2. The highest BCUT2D eigenvalue weighted by Crippen LogP contribution is 2.39. The summed E-state index contributed by atoms with van der Waals surface area (Å²) in [6.45, 7) is 7.76. The second-order valence-electron chi connectivity index (χ2n) is 10.9. The van der Waals surface area contributed by atoms with Crippen LogP contribution in [0.4, 0.5) is 32.0 Å². The van der Waals surface area contributed by atoms with Crippen LogP contribution in [0.2, 0.25) is 4.34 Å². The Labute approximate surface area is 299 Å². The van der Waals surface area contributed by atoms with Gasteiger partial charge in [-0.05, 0) is 63.0 Å². The average Bonchev–Trinajstić information content (AvgIpc) is 3.46. The fourth-order valence-electron chi connectivity index (χ4n) is 4.37. The minimum atomic E-state index is -5.08. The zero-order valence-corrected chi connectivity index (χ0v) is 29.3. The van der Waals surface area contributed by atoms with Gasteiger partial charge in [0.1, 0.15) is 11.4 Å². The first-order chi connectivity index (χ1) is 23.8. The van der Waals surface area contributed by atoms with Crippen molar-refractivity contribution in [3.63, 3.8) is 0 Å². The van der Waals surface area contributed by atoms with Gasteiger partial charge < -0.3 is 40.9 Å². The topological polar surface area (TPSA) is 178 Å². The molecule has 12 nitrogen and oxygen atoms in total. The van der Waals surface area contributed by atoms with Crippen molar-refractivity contribution in [2.75, 3.05) is 44.6 Å². The molecule has 2 aromatic rings. The molecule has 0 bridgehead atoms. The second-order valence-corrected chi connectivity index (χ2v) is 12.7. The number of benzene rings is 1. The van der Waals surface area contributed by atoms with Gasteiger partial charge in [-0.1, -0.05) is 37.4 Å². The molecule has 2 amide bonds. The van der Waals surface area contributed by atoms with E-state index in [2.05, 4.69) is 29.8 Å². The van der Waals surface area contributed by atoms with Gasteiger partial charge in [0.2, 0.25) is 5.91 Å². The Morgan fingerprint density at radius 2 is 1.57 bits per heavy atom. The van der Waals surface area contributed by atoms with E-state index in [0.717, 1.165) is 42.1 Å². The summed E-state index contributed by atoms with van der Waals surface area (Å²) in [6.07, 6.45) is -4.90. The number of alkyl halides is 6. The zero-order valence-electron chi connectivity index (χ0n) is 27.8. The Morgan fingerprint density at radius 3 is 2.12 bits per heavy atom. The van der Waals surface area contributed by atoms with Crippen molar-refractivity contribution >= 4 is 52.4 Å². The molecule has 0 spiro atoms. The molecule has 0 saturated heterocycles. The smallest absolute Gasteiger partial charge is 0.490 e. The van der Waals surface area contributed by atoms with E-state index in [1.165, 1.54) is 4.88 Å². The molecule has 2 heterocycles. The summed E-state index contributed by atoms with van der Waals surface area (Å²) in [4.78, 5) is 45.7. The summed E-state index contributed by atoms with van der Waals surface area (Å²) in [7, 11) is 0. The molecule has 0 unspecified atom stereocenters. The maximum absolute atomic E-state index is 13.1. The van der Waals surface area contributed by atoms with Gasteiger partial charge in [0.05, 0.1) is 4.34 Å². The molecule has 3 rings (SSSR count). The summed E-state index contributed by atoms with van der Waals surface area (Å²) < 4.78 is 69.8. The normalized spacial score (nSPS) is 12.9. The molecule has 1 aliphatic rings. The Bertz CT molecular complexity index is 1400. The van der Waals surface area contributed by atoms with Gasteiger partial charge >= 0.3 is 24.3 Å². The first-order valence-electron chi connectivity index (χ1n) is 15.6. The number of nitrogens with one attached hydrogen (secondary N) is 3. The maximum Gasteiger partial charge on any atom is 0.490 e. The van der Waals surface area contributed by atoms with Crippen molar-refractivity contribution in [2.24, 2.45) is 0 Å². The van der Waals surface area contributed by atoms with Gasteiger partial charge in [-0.25, -0.2) is 9.59 Å². The van der Waals surface area contributed by atoms with Crippen molar-refractivity contribution in [3.05, 3.63) is 39.0 Å². The molecule has 0 aliphatic carbocycles. The number of aliphatic carboxylic acids is 2.